The Hall–Kier alpha value is -2.19. The predicted molar refractivity (Wildman–Crippen MR) is 57.9 cm³/mol. The van der Waals surface area contributed by atoms with Gasteiger partial charge in [-0.3, -0.25) is 0 Å². The van der Waals surface area contributed by atoms with Crippen molar-refractivity contribution in [3.8, 4) is 5.95 Å². The summed E-state index contributed by atoms with van der Waals surface area (Å²) < 4.78 is 51.8. The molecule has 2 N–H and O–H groups in total. The summed E-state index contributed by atoms with van der Waals surface area (Å²) in [4.78, 5) is 7.09. The fourth-order valence-corrected chi connectivity index (χ4v) is 1.49. The molecule has 2 aromatic rings. The standard InChI is InChI=1S/C10H9F4N5/c1-2-5-4-19(18-7(5)10(12,13)14)9-16-3-6(11)8(15)17-9/h3-4H,2H2,1H3,(H2,15,16,17). The van der Waals surface area contributed by atoms with E-state index >= 15 is 0 Å². The van der Waals surface area contributed by atoms with Gasteiger partial charge in [-0.1, -0.05) is 6.92 Å². The predicted octanol–water partition coefficient (Wildman–Crippen LogP) is 1.96. The number of anilines is 1. The molecule has 9 heteroatoms. The third kappa shape index (κ3) is 2.49. The summed E-state index contributed by atoms with van der Waals surface area (Å²) in [5.41, 5.74) is 4.22. The van der Waals surface area contributed by atoms with Crippen molar-refractivity contribution >= 4 is 5.82 Å². The van der Waals surface area contributed by atoms with Crippen LogP contribution in [0.25, 0.3) is 5.95 Å². The van der Waals surface area contributed by atoms with Crippen LogP contribution in [0.1, 0.15) is 18.2 Å². The highest BCUT2D eigenvalue weighted by molar-refractivity contribution is 5.32. The first kappa shape index (κ1) is 13.2. The normalized spacial score (nSPS) is 11.8. The number of aromatic nitrogens is 4. The SMILES string of the molecule is CCc1cn(-c2ncc(F)c(N)n2)nc1C(F)(F)F. The first-order valence-corrected chi connectivity index (χ1v) is 5.27. The monoisotopic (exact) mass is 275 g/mol. The van der Waals surface area contributed by atoms with E-state index < -0.39 is 23.5 Å². The van der Waals surface area contributed by atoms with Crippen LogP contribution >= 0.6 is 0 Å². The molecule has 2 aromatic heterocycles. The molecule has 0 aliphatic heterocycles. The minimum absolute atomic E-state index is 0.000929. The summed E-state index contributed by atoms with van der Waals surface area (Å²) in [6.07, 6.45) is -2.50. The molecule has 0 saturated heterocycles. The average molecular weight is 275 g/mol. The van der Waals surface area contributed by atoms with Gasteiger partial charge in [-0.2, -0.15) is 23.3 Å². The Balaban J connectivity index is 2.51. The topological polar surface area (TPSA) is 69.6 Å². The van der Waals surface area contributed by atoms with Crippen molar-refractivity contribution in [3.63, 3.8) is 0 Å². The third-order valence-electron chi connectivity index (χ3n) is 2.40. The fraction of sp³-hybridized carbons (Fsp3) is 0.300. The lowest BCUT2D eigenvalue weighted by atomic mass is 10.2. The van der Waals surface area contributed by atoms with E-state index in [9.17, 15) is 17.6 Å². The molecule has 0 radical (unpaired) electrons. The zero-order chi connectivity index (χ0) is 14.2. The lowest BCUT2D eigenvalue weighted by Gasteiger charge is -2.03. The number of aryl methyl sites for hydroxylation is 1. The molecule has 2 rings (SSSR count). The van der Waals surface area contributed by atoms with Gasteiger partial charge in [0.25, 0.3) is 5.95 Å². The summed E-state index contributed by atoms with van der Waals surface area (Å²) in [5, 5.41) is 3.38. The summed E-state index contributed by atoms with van der Waals surface area (Å²) >= 11 is 0. The van der Waals surface area contributed by atoms with Crippen molar-refractivity contribution in [1.29, 1.82) is 0 Å². The van der Waals surface area contributed by atoms with Crippen LogP contribution in [0, 0.1) is 5.82 Å². The molecule has 0 atom stereocenters. The maximum absolute atomic E-state index is 12.9. The van der Waals surface area contributed by atoms with Crippen LogP contribution in [0.5, 0.6) is 0 Å². The van der Waals surface area contributed by atoms with Gasteiger partial charge < -0.3 is 5.73 Å². The van der Waals surface area contributed by atoms with E-state index in [1.54, 1.807) is 6.92 Å². The van der Waals surface area contributed by atoms with Gasteiger partial charge in [0.1, 0.15) is 0 Å². The van der Waals surface area contributed by atoms with E-state index in [-0.39, 0.29) is 17.9 Å². The molecule has 0 saturated carbocycles. The maximum atomic E-state index is 12.9. The molecule has 0 aliphatic carbocycles. The van der Waals surface area contributed by atoms with Crippen LogP contribution in [0.15, 0.2) is 12.4 Å². The number of nitrogens with zero attached hydrogens (tertiary/aromatic N) is 4. The minimum Gasteiger partial charge on any atom is -0.381 e. The van der Waals surface area contributed by atoms with Crippen molar-refractivity contribution in [2.45, 2.75) is 19.5 Å². The summed E-state index contributed by atoms with van der Waals surface area (Å²) in [6, 6.07) is 0. The van der Waals surface area contributed by atoms with Crippen LogP contribution < -0.4 is 5.73 Å². The van der Waals surface area contributed by atoms with Crippen molar-refractivity contribution in [3.05, 3.63) is 29.5 Å². The summed E-state index contributed by atoms with van der Waals surface area (Å²) in [7, 11) is 0. The minimum atomic E-state index is -4.57. The van der Waals surface area contributed by atoms with E-state index in [2.05, 4.69) is 15.1 Å². The second-order valence-corrected chi connectivity index (χ2v) is 3.70. The number of nitrogen functional groups attached to an aromatic ring is 1. The largest absolute Gasteiger partial charge is 0.435 e. The van der Waals surface area contributed by atoms with Crippen LogP contribution in [-0.4, -0.2) is 19.7 Å². The summed E-state index contributed by atoms with van der Waals surface area (Å²) in [5.74, 6) is -1.51. The Morgan fingerprint density at radius 1 is 1.37 bits per heavy atom. The van der Waals surface area contributed by atoms with E-state index in [1.807, 2.05) is 0 Å². The number of rotatable bonds is 2. The lowest BCUT2D eigenvalue weighted by Crippen LogP contribution is -2.10. The van der Waals surface area contributed by atoms with E-state index in [0.29, 0.717) is 0 Å². The number of hydrogen-bond donors (Lipinski definition) is 1. The molecule has 0 bridgehead atoms. The van der Waals surface area contributed by atoms with E-state index in [1.165, 1.54) is 0 Å². The zero-order valence-electron chi connectivity index (χ0n) is 9.74. The molecule has 102 valence electrons. The maximum Gasteiger partial charge on any atom is 0.435 e. The van der Waals surface area contributed by atoms with Gasteiger partial charge in [0, 0.05) is 11.8 Å². The van der Waals surface area contributed by atoms with Gasteiger partial charge in [0.15, 0.2) is 17.3 Å². The third-order valence-corrected chi connectivity index (χ3v) is 2.40. The second kappa shape index (κ2) is 4.48. The molecular weight excluding hydrogens is 266 g/mol. The molecule has 0 amide bonds. The number of alkyl halides is 3. The molecule has 0 fully saturated rings. The Bertz CT molecular complexity index is 604. The molecule has 0 unspecified atom stereocenters. The van der Waals surface area contributed by atoms with E-state index in [4.69, 9.17) is 5.73 Å². The van der Waals surface area contributed by atoms with Crippen molar-refractivity contribution in [2.24, 2.45) is 0 Å². The first-order chi connectivity index (χ1) is 8.82. The second-order valence-electron chi connectivity index (χ2n) is 3.70. The molecule has 19 heavy (non-hydrogen) atoms. The van der Waals surface area contributed by atoms with Gasteiger partial charge in [-0.05, 0) is 6.42 Å². The molecular formula is C10H9F4N5. The van der Waals surface area contributed by atoms with Crippen molar-refractivity contribution in [1.82, 2.24) is 19.7 Å². The average Bonchev–Trinajstić information content (AvgIpc) is 2.76. The van der Waals surface area contributed by atoms with Crippen molar-refractivity contribution in [2.75, 3.05) is 5.73 Å². The van der Waals surface area contributed by atoms with Gasteiger partial charge in [-0.25, -0.2) is 14.1 Å². The highest BCUT2D eigenvalue weighted by Gasteiger charge is 2.36. The van der Waals surface area contributed by atoms with Gasteiger partial charge in [0.05, 0.1) is 6.20 Å². The molecule has 2 heterocycles. The fourth-order valence-electron chi connectivity index (χ4n) is 1.49. The quantitative estimate of drug-likeness (QED) is 0.851. The Kier molecular flexibility index (Phi) is 3.13. The van der Waals surface area contributed by atoms with E-state index in [0.717, 1.165) is 17.1 Å². The lowest BCUT2D eigenvalue weighted by molar-refractivity contribution is -0.141. The van der Waals surface area contributed by atoms with Gasteiger partial charge >= 0.3 is 6.18 Å². The van der Waals surface area contributed by atoms with Crippen LogP contribution in [-0.2, 0) is 12.6 Å². The number of nitrogens with two attached hydrogens (primary N) is 1. The Morgan fingerprint density at radius 2 is 2.05 bits per heavy atom. The zero-order valence-corrected chi connectivity index (χ0v) is 9.74. The smallest absolute Gasteiger partial charge is 0.381 e. The first-order valence-electron chi connectivity index (χ1n) is 5.27. The van der Waals surface area contributed by atoms with Crippen molar-refractivity contribution < 1.29 is 17.6 Å². The van der Waals surface area contributed by atoms with Crippen LogP contribution in [0.4, 0.5) is 23.4 Å². The molecule has 5 nitrogen and oxygen atoms in total. The Morgan fingerprint density at radius 3 is 2.53 bits per heavy atom. The molecule has 0 aromatic carbocycles. The van der Waals surface area contributed by atoms with Gasteiger partial charge in [0.2, 0.25) is 0 Å². The number of halogens is 4. The highest BCUT2D eigenvalue weighted by atomic mass is 19.4. The van der Waals surface area contributed by atoms with Crippen LogP contribution in [0.3, 0.4) is 0 Å². The number of hydrogen-bond acceptors (Lipinski definition) is 4. The van der Waals surface area contributed by atoms with Gasteiger partial charge in [-0.15, -0.1) is 0 Å². The highest BCUT2D eigenvalue weighted by Crippen LogP contribution is 2.31. The summed E-state index contributed by atoms with van der Waals surface area (Å²) in [6.45, 7) is 1.57. The van der Waals surface area contributed by atoms with Crippen LogP contribution in [0.2, 0.25) is 0 Å². The Labute approximate surface area is 105 Å². The molecule has 0 aliphatic rings. The molecule has 0 spiro atoms.